The van der Waals surface area contributed by atoms with Crippen LogP contribution in [0.5, 0.6) is 0 Å². The molecule has 0 aliphatic carbocycles. The quantitative estimate of drug-likeness (QED) is 0.740. The Bertz CT molecular complexity index is 756. The molecule has 0 amide bonds. The third-order valence-corrected chi connectivity index (χ3v) is 6.23. The molecule has 7 nitrogen and oxygen atoms in total. The van der Waals surface area contributed by atoms with Crippen molar-refractivity contribution in [1.82, 2.24) is 9.21 Å². The van der Waals surface area contributed by atoms with Crippen LogP contribution in [0.25, 0.3) is 0 Å². The Balaban J connectivity index is 1.42. The maximum Gasteiger partial charge on any atom is 0.243 e. The number of rotatable bonds is 8. The van der Waals surface area contributed by atoms with Crippen molar-refractivity contribution in [2.24, 2.45) is 0 Å². The fraction of sp³-hybridized carbons (Fsp3) is 0.444. The van der Waals surface area contributed by atoms with E-state index in [1.165, 1.54) is 4.31 Å². The van der Waals surface area contributed by atoms with Crippen LogP contribution in [0.15, 0.2) is 58.0 Å². The van der Waals surface area contributed by atoms with Crippen LogP contribution in [0.4, 0.5) is 0 Å². The van der Waals surface area contributed by atoms with E-state index < -0.39 is 16.1 Å². The number of sulfonamides is 1. The van der Waals surface area contributed by atoms with Crippen LogP contribution in [0.3, 0.4) is 0 Å². The summed E-state index contributed by atoms with van der Waals surface area (Å²) in [6.45, 7) is 2.99. The summed E-state index contributed by atoms with van der Waals surface area (Å²) in [4.78, 5) is 2.37. The zero-order valence-electron chi connectivity index (χ0n) is 14.5. The Morgan fingerprint density at radius 1 is 1.08 bits per heavy atom. The summed E-state index contributed by atoms with van der Waals surface area (Å²) < 4.78 is 37.3. The SMILES string of the molecule is O=S(=O)(c1ccccc1)N1CCN(C[C@H](O)COCc2ccco2)CC1. The number of hydrogen-bond donors (Lipinski definition) is 1. The normalized spacial score (nSPS) is 18.0. The summed E-state index contributed by atoms with van der Waals surface area (Å²) in [5, 5.41) is 10.1. The first kappa shape index (κ1) is 19.1. The largest absolute Gasteiger partial charge is 0.467 e. The van der Waals surface area contributed by atoms with Crippen molar-refractivity contribution >= 4 is 10.0 Å². The average molecular weight is 380 g/mol. The van der Waals surface area contributed by atoms with E-state index in [1.54, 1.807) is 42.7 Å². The lowest BCUT2D eigenvalue weighted by Crippen LogP contribution is -2.50. The van der Waals surface area contributed by atoms with Gasteiger partial charge in [-0.2, -0.15) is 4.31 Å². The molecule has 1 atom stereocenters. The maximum absolute atomic E-state index is 12.6. The molecule has 2 aromatic rings. The van der Waals surface area contributed by atoms with Gasteiger partial charge in [-0.25, -0.2) is 8.42 Å². The molecule has 0 unspecified atom stereocenters. The van der Waals surface area contributed by atoms with E-state index in [1.807, 2.05) is 6.07 Å². The van der Waals surface area contributed by atoms with Crippen LogP contribution in [-0.2, 0) is 21.4 Å². The zero-order valence-corrected chi connectivity index (χ0v) is 15.3. The molecule has 1 aromatic carbocycles. The number of ether oxygens (including phenoxy) is 1. The van der Waals surface area contributed by atoms with Crippen LogP contribution in [-0.4, -0.2) is 68.2 Å². The Morgan fingerprint density at radius 3 is 2.46 bits per heavy atom. The van der Waals surface area contributed by atoms with Gasteiger partial charge in [-0.1, -0.05) is 18.2 Å². The number of nitrogens with zero attached hydrogens (tertiary/aromatic N) is 2. The van der Waals surface area contributed by atoms with E-state index in [9.17, 15) is 13.5 Å². The highest BCUT2D eigenvalue weighted by atomic mass is 32.2. The average Bonchev–Trinajstić information content (AvgIpc) is 3.16. The van der Waals surface area contributed by atoms with Gasteiger partial charge in [-0.05, 0) is 24.3 Å². The molecule has 2 heterocycles. The molecular weight excluding hydrogens is 356 g/mol. The van der Waals surface area contributed by atoms with E-state index in [0.29, 0.717) is 44.2 Å². The molecule has 1 aliphatic rings. The molecule has 26 heavy (non-hydrogen) atoms. The summed E-state index contributed by atoms with van der Waals surface area (Å²) in [5.41, 5.74) is 0. The third kappa shape index (κ3) is 4.93. The smallest absolute Gasteiger partial charge is 0.243 e. The molecule has 142 valence electrons. The van der Waals surface area contributed by atoms with Crippen LogP contribution in [0.1, 0.15) is 5.76 Å². The van der Waals surface area contributed by atoms with E-state index in [0.717, 1.165) is 5.76 Å². The van der Waals surface area contributed by atoms with Gasteiger partial charge in [0.15, 0.2) is 0 Å². The van der Waals surface area contributed by atoms with Gasteiger partial charge in [0.2, 0.25) is 10.0 Å². The second-order valence-corrected chi connectivity index (χ2v) is 8.20. The monoisotopic (exact) mass is 380 g/mol. The molecule has 1 fully saturated rings. The highest BCUT2D eigenvalue weighted by molar-refractivity contribution is 7.89. The minimum absolute atomic E-state index is 0.212. The predicted octanol–water partition coefficient (Wildman–Crippen LogP) is 1.16. The molecule has 3 rings (SSSR count). The molecule has 0 bridgehead atoms. The Hall–Kier alpha value is -1.71. The van der Waals surface area contributed by atoms with Gasteiger partial charge in [0.05, 0.1) is 23.9 Å². The van der Waals surface area contributed by atoms with Crippen LogP contribution in [0, 0.1) is 0 Å². The lowest BCUT2D eigenvalue weighted by molar-refractivity contribution is 0.00100. The number of aliphatic hydroxyl groups excluding tert-OH is 1. The topological polar surface area (TPSA) is 83.2 Å². The van der Waals surface area contributed by atoms with Crippen molar-refractivity contribution in [2.45, 2.75) is 17.6 Å². The fourth-order valence-electron chi connectivity index (χ4n) is 2.93. The molecule has 1 saturated heterocycles. The van der Waals surface area contributed by atoms with Crippen molar-refractivity contribution in [3.63, 3.8) is 0 Å². The summed E-state index contributed by atoms with van der Waals surface area (Å²) in [5.74, 6) is 0.719. The van der Waals surface area contributed by atoms with Gasteiger partial charge >= 0.3 is 0 Å². The third-order valence-electron chi connectivity index (χ3n) is 4.32. The van der Waals surface area contributed by atoms with Crippen molar-refractivity contribution in [3.8, 4) is 0 Å². The number of benzene rings is 1. The first-order valence-electron chi connectivity index (χ1n) is 8.61. The Morgan fingerprint density at radius 2 is 1.81 bits per heavy atom. The maximum atomic E-state index is 12.6. The van der Waals surface area contributed by atoms with Crippen LogP contribution < -0.4 is 0 Å². The van der Waals surface area contributed by atoms with E-state index in [-0.39, 0.29) is 6.61 Å². The van der Waals surface area contributed by atoms with Crippen LogP contribution >= 0.6 is 0 Å². The second-order valence-electron chi connectivity index (χ2n) is 6.27. The molecule has 0 saturated carbocycles. The first-order valence-corrected chi connectivity index (χ1v) is 10.1. The van der Waals surface area contributed by atoms with Crippen molar-refractivity contribution in [2.75, 3.05) is 39.3 Å². The van der Waals surface area contributed by atoms with Gasteiger partial charge in [0.25, 0.3) is 0 Å². The minimum Gasteiger partial charge on any atom is -0.467 e. The lowest BCUT2D eigenvalue weighted by atomic mass is 10.3. The van der Waals surface area contributed by atoms with Gasteiger partial charge < -0.3 is 14.3 Å². The van der Waals surface area contributed by atoms with Gasteiger partial charge in [0, 0.05) is 32.7 Å². The number of β-amino-alcohol motifs (C(OH)–C–C–N with tert-alkyl or cyclic N) is 1. The lowest BCUT2D eigenvalue weighted by Gasteiger charge is -2.34. The van der Waals surface area contributed by atoms with Gasteiger partial charge in [-0.15, -0.1) is 0 Å². The van der Waals surface area contributed by atoms with Crippen LogP contribution in [0.2, 0.25) is 0 Å². The molecular formula is C18H24N2O5S. The Kier molecular flexibility index (Phi) is 6.44. The van der Waals surface area contributed by atoms with Gasteiger partial charge in [0.1, 0.15) is 12.4 Å². The van der Waals surface area contributed by atoms with Gasteiger partial charge in [-0.3, -0.25) is 4.90 Å². The van der Waals surface area contributed by atoms with Crippen molar-refractivity contribution in [3.05, 3.63) is 54.5 Å². The molecule has 0 spiro atoms. The van der Waals surface area contributed by atoms with E-state index >= 15 is 0 Å². The van der Waals surface area contributed by atoms with Crippen molar-refractivity contribution in [1.29, 1.82) is 0 Å². The summed E-state index contributed by atoms with van der Waals surface area (Å²) in [7, 11) is -3.44. The predicted molar refractivity (Wildman–Crippen MR) is 96.0 cm³/mol. The summed E-state index contributed by atoms with van der Waals surface area (Å²) >= 11 is 0. The molecule has 0 radical (unpaired) electrons. The summed E-state index contributed by atoms with van der Waals surface area (Å²) in [6, 6.07) is 12.1. The highest BCUT2D eigenvalue weighted by Crippen LogP contribution is 2.17. The standard InChI is InChI=1S/C18H24N2O5S/c21-16(14-24-15-17-5-4-12-25-17)13-19-8-10-20(11-9-19)26(22,23)18-6-2-1-3-7-18/h1-7,12,16,21H,8-11,13-15H2/t16-/m0/s1. The van der Waals surface area contributed by atoms with E-state index in [2.05, 4.69) is 4.90 Å². The minimum atomic E-state index is -3.44. The fourth-order valence-corrected chi connectivity index (χ4v) is 4.38. The first-order chi connectivity index (χ1) is 12.6. The molecule has 1 N–H and O–H groups in total. The molecule has 1 aromatic heterocycles. The Labute approximate surface area is 153 Å². The zero-order chi connectivity index (χ0) is 18.4. The number of hydrogen-bond acceptors (Lipinski definition) is 6. The molecule has 8 heteroatoms. The summed E-state index contributed by atoms with van der Waals surface area (Å²) in [6.07, 6.45) is 0.959. The number of piperazine rings is 1. The second kappa shape index (κ2) is 8.79. The van der Waals surface area contributed by atoms with E-state index in [4.69, 9.17) is 9.15 Å². The number of furan rings is 1. The molecule has 1 aliphatic heterocycles. The van der Waals surface area contributed by atoms with Crippen molar-refractivity contribution < 1.29 is 22.7 Å². The number of aliphatic hydroxyl groups is 1. The highest BCUT2D eigenvalue weighted by Gasteiger charge is 2.28.